The number of nitrogens with one attached hydrogen (secondary N) is 2. The van der Waals surface area contributed by atoms with Crippen LogP contribution in [0.15, 0.2) is 47.0 Å². The average Bonchev–Trinajstić information content (AvgIpc) is 3.35. The summed E-state index contributed by atoms with van der Waals surface area (Å²) in [5.41, 5.74) is 5.82. The zero-order valence-corrected chi connectivity index (χ0v) is 16.6. The van der Waals surface area contributed by atoms with Gasteiger partial charge in [-0.25, -0.2) is 4.98 Å². The molecule has 2 aromatic carbocycles. The molecule has 4 aromatic rings. The lowest BCUT2D eigenvalue weighted by Crippen LogP contribution is -2.25. The molecule has 29 heavy (non-hydrogen) atoms. The van der Waals surface area contributed by atoms with Crippen LogP contribution in [0.25, 0.3) is 22.3 Å². The molecular weight excluding hydrogens is 368 g/mol. The van der Waals surface area contributed by atoms with Crippen molar-refractivity contribution >= 4 is 16.9 Å². The first-order valence-corrected chi connectivity index (χ1v) is 9.38. The number of aromatic nitrogens is 3. The summed E-state index contributed by atoms with van der Waals surface area (Å²) in [6, 6.07) is 13.2. The molecule has 2 aromatic heterocycles. The van der Waals surface area contributed by atoms with Crippen molar-refractivity contribution in [3.05, 3.63) is 65.2 Å². The molecule has 0 spiro atoms. The second-order valence-corrected chi connectivity index (χ2v) is 6.95. The van der Waals surface area contributed by atoms with E-state index in [2.05, 4.69) is 46.4 Å². The Morgan fingerprint density at radius 3 is 2.66 bits per heavy atom. The van der Waals surface area contributed by atoms with Crippen LogP contribution in [0.3, 0.4) is 0 Å². The Labute approximate surface area is 168 Å². The van der Waals surface area contributed by atoms with Gasteiger partial charge in [-0.2, -0.15) is 0 Å². The minimum absolute atomic E-state index is 0.173. The maximum Gasteiger partial charge on any atom is 0.289 e. The van der Waals surface area contributed by atoms with E-state index in [1.54, 1.807) is 13.2 Å². The predicted octanol–water partition coefficient (Wildman–Crippen LogP) is 3.82. The minimum Gasteiger partial charge on any atom is -0.497 e. The van der Waals surface area contributed by atoms with Crippen LogP contribution in [-0.4, -0.2) is 34.7 Å². The minimum atomic E-state index is -0.305. The zero-order valence-electron chi connectivity index (χ0n) is 16.6. The molecule has 0 aliphatic carbocycles. The van der Waals surface area contributed by atoms with E-state index < -0.39 is 0 Å². The molecule has 148 valence electrons. The van der Waals surface area contributed by atoms with E-state index in [1.807, 2.05) is 24.3 Å². The van der Waals surface area contributed by atoms with Gasteiger partial charge in [-0.3, -0.25) is 4.79 Å². The number of fused-ring (bicyclic) bond motifs is 1. The van der Waals surface area contributed by atoms with Crippen LogP contribution in [0, 0.1) is 13.8 Å². The highest BCUT2D eigenvalue weighted by molar-refractivity contribution is 5.92. The van der Waals surface area contributed by atoms with Gasteiger partial charge in [0.1, 0.15) is 17.3 Å². The number of carbonyl (C=O) groups is 1. The third kappa shape index (κ3) is 3.99. The van der Waals surface area contributed by atoms with Crippen molar-refractivity contribution in [3.63, 3.8) is 0 Å². The first kappa shape index (κ1) is 18.7. The largest absolute Gasteiger partial charge is 0.497 e. The molecule has 7 heteroatoms. The number of imidazole rings is 1. The van der Waals surface area contributed by atoms with Gasteiger partial charge in [0.25, 0.3) is 5.91 Å². The normalized spacial score (nSPS) is 11.0. The second-order valence-electron chi connectivity index (χ2n) is 6.95. The molecule has 0 radical (unpaired) electrons. The molecule has 2 N–H and O–H groups in total. The maximum atomic E-state index is 12.3. The van der Waals surface area contributed by atoms with Crippen LogP contribution in [-0.2, 0) is 6.42 Å². The lowest BCUT2D eigenvalue weighted by molar-refractivity contribution is 0.0917. The van der Waals surface area contributed by atoms with Crippen molar-refractivity contribution in [2.45, 2.75) is 20.3 Å². The summed E-state index contributed by atoms with van der Waals surface area (Å²) in [5.74, 6) is 1.46. The lowest BCUT2D eigenvalue weighted by atomic mass is 10.1. The van der Waals surface area contributed by atoms with Gasteiger partial charge >= 0.3 is 0 Å². The fourth-order valence-corrected chi connectivity index (χ4v) is 3.10. The Bertz CT molecular complexity index is 1120. The van der Waals surface area contributed by atoms with E-state index in [1.165, 1.54) is 11.1 Å². The van der Waals surface area contributed by atoms with E-state index in [0.29, 0.717) is 18.7 Å². The van der Waals surface area contributed by atoms with E-state index in [-0.39, 0.29) is 11.7 Å². The fraction of sp³-hybridized carbons (Fsp3) is 0.227. The van der Waals surface area contributed by atoms with Crippen molar-refractivity contribution < 1.29 is 14.1 Å². The SMILES string of the molecule is COc1ccc(-c2cc(C(=O)NCCc3nc4cc(C)c(C)cc4[nH]3)on2)cc1. The van der Waals surface area contributed by atoms with Crippen molar-refractivity contribution in [1.29, 1.82) is 0 Å². The topological polar surface area (TPSA) is 93.0 Å². The molecule has 7 nitrogen and oxygen atoms in total. The van der Waals surface area contributed by atoms with Crippen LogP contribution in [0.1, 0.15) is 27.5 Å². The number of H-pyrrole nitrogens is 1. The highest BCUT2D eigenvalue weighted by Crippen LogP contribution is 2.22. The molecule has 0 saturated carbocycles. The Hall–Kier alpha value is -3.61. The fourth-order valence-electron chi connectivity index (χ4n) is 3.10. The molecule has 0 atom stereocenters. The van der Waals surface area contributed by atoms with Crippen molar-refractivity contribution in [2.75, 3.05) is 13.7 Å². The van der Waals surface area contributed by atoms with E-state index in [0.717, 1.165) is 28.2 Å². The summed E-state index contributed by atoms with van der Waals surface area (Å²) >= 11 is 0. The molecule has 4 rings (SSSR count). The molecule has 2 heterocycles. The third-order valence-electron chi connectivity index (χ3n) is 4.91. The Balaban J connectivity index is 1.37. The van der Waals surface area contributed by atoms with Gasteiger partial charge in [0.15, 0.2) is 0 Å². The maximum absolute atomic E-state index is 12.3. The summed E-state index contributed by atoms with van der Waals surface area (Å²) < 4.78 is 10.3. The summed E-state index contributed by atoms with van der Waals surface area (Å²) in [4.78, 5) is 20.2. The number of aryl methyl sites for hydroxylation is 2. The van der Waals surface area contributed by atoms with Gasteiger partial charge < -0.3 is 19.6 Å². The first-order valence-electron chi connectivity index (χ1n) is 9.38. The first-order chi connectivity index (χ1) is 14.0. The van der Waals surface area contributed by atoms with E-state index in [9.17, 15) is 4.79 Å². The Morgan fingerprint density at radius 1 is 1.14 bits per heavy atom. The number of hydrogen-bond donors (Lipinski definition) is 2. The second kappa shape index (κ2) is 7.79. The number of carbonyl (C=O) groups excluding carboxylic acids is 1. The average molecular weight is 390 g/mol. The van der Waals surface area contributed by atoms with Gasteiger partial charge in [0, 0.05) is 24.6 Å². The van der Waals surface area contributed by atoms with Gasteiger partial charge in [0.2, 0.25) is 5.76 Å². The smallest absolute Gasteiger partial charge is 0.289 e. The van der Waals surface area contributed by atoms with Crippen LogP contribution in [0.4, 0.5) is 0 Å². The van der Waals surface area contributed by atoms with Gasteiger partial charge in [0.05, 0.1) is 18.1 Å². The van der Waals surface area contributed by atoms with Gasteiger partial charge in [-0.1, -0.05) is 5.16 Å². The number of amides is 1. The molecule has 0 saturated heterocycles. The van der Waals surface area contributed by atoms with E-state index in [4.69, 9.17) is 9.26 Å². The van der Waals surface area contributed by atoms with Crippen LogP contribution in [0.5, 0.6) is 5.75 Å². The summed E-state index contributed by atoms with van der Waals surface area (Å²) in [6.07, 6.45) is 0.595. The number of hydrogen-bond acceptors (Lipinski definition) is 5. The molecule has 0 aliphatic heterocycles. The highest BCUT2D eigenvalue weighted by atomic mass is 16.5. The molecule has 0 unspecified atom stereocenters. The number of aromatic amines is 1. The molecular formula is C22H22N4O3. The van der Waals surface area contributed by atoms with Crippen molar-refractivity contribution in [1.82, 2.24) is 20.4 Å². The van der Waals surface area contributed by atoms with Crippen LogP contribution < -0.4 is 10.1 Å². The summed E-state index contributed by atoms with van der Waals surface area (Å²) in [7, 11) is 1.61. The highest BCUT2D eigenvalue weighted by Gasteiger charge is 2.14. The third-order valence-corrected chi connectivity index (χ3v) is 4.91. The number of rotatable bonds is 6. The van der Waals surface area contributed by atoms with Crippen molar-refractivity contribution in [3.8, 4) is 17.0 Å². The van der Waals surface area contributed by atoms with Crippen LogP contribution in [0.2, 0.25) is 0 Å². The summed E-state index contributed by atoms with van der Waals surface area (Å²) in [5, 5.41) is 6.82. The Kier molecular flexibility index (Phi) is 5.03. The van der Waals surface area contributed by atoms with Gasteiger partial charge in [-0.05, 0) is 61.4 Å². The number of benzene rings is 2. The molecule has 1 amide bonds. The monoisotopic (exact) mass is 390 g/mol. The molecule has 0 aliphatic rings. The van der Waals surface area contributed by atoms with Crippen LogP contribution >= 0.6 is 0 Å². The van der Waals surface area contributed by atoms with Crippen molar-refractivity contribution in [2.24, 2.45) is 0 Å². The van der Waals surface area contributed by atoms with Gasteiger partial charge in [-0.15, -0.1) is 0 Å². The number of nitrogens with zero attached hydrogens (tertiary/aromatic N) is 2. The Morgan fingerprint density at radius 2 is 1.90 bits per heavy atom. The lowest BCUT2D eigenvalue weighted by Gasteiger charge is -2.00. The summed E-state index contributed by atoms with van der Waals surface area (Å²) in [6.45, 7) is 4.59. The predicted molar refractivity (Wildman–Crippen MR) is 110 cm³/mol. The molecule has 0 bridgehead atoms. The van der Waals surface area contributed by atoms with E-state index >= 15 is 0 Å². The zero-order chi connectivity index (χ0) is 20.4. The molecule has 0 fully saturated rings. The quantitative estimate of drug-likeness (QED) is 0.522. The number of methoxy groups -OCH3 is 1. The standard InChI is InChI=1S/C22H22N4O3/c1-13-10-18-19(11-14(13)2)25-21(24-18)8-9-23-22(27)20-12-17(26-29-20)15-4-6-16(28-3)7-5-15/h4-7,10-12H,8-9H2,1-3H3,(H,23,27)(H,24,25). The number of ether oxygens (including phenoxy) is 1.